The van der Waals surface area contributed by atoms with Gasteiger partial charge in [0.05, 0.1) is 28.8 Å². The largest absolute Gasteiger partial charge is 0.346 e. The molecule has 0 aliphatic carbocycles. The Morgan fingerprint density at radius 2 is 1.56 bits per heavy atom. The number of rotatable bonds is 6. The Morgan fingerprint density at radius 1 is 0.853 bits per heavy atom. The molecule has 0 aliphatic rings. The van der Waals surface area contributed by atoms with Gasteiger partial charge >= 0.3 is 0 Å². The topological polar surface area (TPSA) is 88.4 Å². The van der Waals surface area contributed by atoms with Crippen molar-refractivity contribution < 1.29 is 9.59 Å². The third-order valence-electron chi connectivity index (χ3n) is 5.64. The zero-order chi connectivity index (χ0) is 23.7. The van der Waals surface area contributed by atoms with Crippen LogP contribution in [0.15, 0.2) is 71.9 Å². The maximum atomic E-state index is 12.5. The molecule has 2 amide bonds. The van der Waals surface area contributed by atoms with Crippen molar-refractivity contribution in [1.29, 1.82) is 0 Å². The molecule has 34 heavy (non-hydrogen) atoms. The summed E-state index contributed by atoms with van der Waals surface area (Å²) in [5.74, 6) is -0.374. The first kappa shape index (κ1) is 21.9. The van der Waals surface area contributed by atoms with E-state index in [-0.39, 0.29) is 24.1 Å². The lowest BCUT2D eigenvalue weighted by Crippen LogP contribution is -2.34. The first-order valence-corrected chi connectivity index (χ1v) is 11.9. The van der Waals surface area contributed by atoms with Gasteiger partial charge in [-0.1, -0.05) is 54.2 Å². The number of imidazole rings is 1. The predicted molar refractivity (Wildman–Crippen MR) is 136 cm³/mol. The van der Waals surface area contributed by atoms with Gasteiger partial charge in [0.15, 0.2) is 5.16 Å². The number of aromatic nitrogens is 3. The van der Waals surface area contributed by atoms with E-state index < -0.39 is 0 Å². The van der Waals surface area contributed by atoms with Gasteiger partial charge < -0.3 is 10.6 Å². The van der Waals surface area contributed by atoms with Gasteiger partial charge in [-0.15, -0.1) is 0 Å². The fourth-order valence-corrected chi connectivity index (χ4v) is 4.80. The molecule has 0 aliphatic heterocycles. The Balaban J connectivity index is 1.32. The monoisotopic (exact) mass is 469 g/mol. The lowest BCUT2D eigenvalue weighted by Gasteiger charge is -2.12. The SMILES string of the molecule is Cc1cccc(C)c1NC(=O)CNC(=O)CSc1nc2ccccc2c2nc3ccccc3n12. The Bertz CT molecular complexity index is 1540. The van der Waals surface area contributed by atoms with Crippen LogP contribution in [0.5, 0.6) is 0 Å². The maximum absolute atomic E-state index is 12.5. The number of aryl methyl sites for hydroxylation is 2. The fourth-order valence-electron chi connectivity index (χ4n) is 3.97. The highest BCUT2D eigenvalue weighted by Gasteiger charge is 2.16. The second-order valence-corrected chi connectivity index (χ2v) is 8.99. The highest BCUT2D eigenvalue weighted by Crippen LogP contribution is 2.28. The van der Waals surface area contributed by atoms with Gasteiger partial charge in [0.2, 0.25) is 11.8 Å². The molecule has 0 saturated heterocycles. The summed E-state index contributed by atoms with van der Waals surface area (Å²) >= 11 is 1.32. The third kappa shape index (κ3) is 4.20. The molecule has 0 atom stereocenters. The van der Waals surface area contributed by atoms with Gasteiger partial charge in [0, 0.05) is 11.1 Å². The number of thioether (sulfide) groups is 1. The van der Waals surface area contributed by atoms with E-state index in [1.165, 1.54) is 11.8 Å². The first-order valence-electron chi connectivity index (χ1n) is 10.9. The van der Waals surface area contributed by atoms with E-state index in [0.717, 1.165) is 44.4 Å². The summed E-state index contributed by atoms with van der Waals surface area (Å²) in [6, 6.07) is 21.5. The van der Waals surface area contributed by atoms with Crippen LogP contribution in [0.2, 0.25) is 0 Å². The molecule has 2 aromatic heterocycles. The lowest BCUT2D eigenvalue weighted by molar-refractivity contribution is -0.122. The van der Waals surface area contributed by atoms with Crippen molar-refractivity contribution in [1.82, 2.24) is 19.7 Å². The minimum Gasteiger partial charge on any atom is -0.346 e. The number of nitrogens with one attached hydrogen (secondary N) is 2. The van der Waals surface area contributed by atoms with E-state index in [1.807, 2.05) is 85.0 Å². The van der Waals surface area contributed by atoms with E-state index in [9.17, 15) is 9.59 Å². The van der Waals surface area contributed by atoms with Crippen LogP contribution in [0.1, 0.15) is 11.1 Å². The smallest absolute Gasteiger partial charge is 0.243 e. The van der Waals surface area contributed by atoms with Crippen LogP contribution >= 0.6 is 11.8 Å². The van der Waals surface area contributed by atoms with Crippen LogP contribution in [-0.2, 0) is 9.59 Å². The summed E-state index contributed by atoms with van der Waals surface area (Å²) in [6.45, 7) is 3.78. The molecule has 7 nitrogen and oxygen atoms in total. The number of para-hydroxylation sites is 4. The van der Waals surface area contributed by atoms with Crippen molar-refractivity contribution in [3.8, 4) is 0 Å². The molecule has 2 heterocycles. The van der Waals surface area contributed by atoms with E-state index in [0.29, 0.717) is 5.16 Å². The summed E-state index contributed by atoms with van der Waals surface area (Å²) in [5.41, 5.74) is 6.18. The number of carbonyl (C=O) groups is 2. The molecule has 170 valence electrons. The number of anilines is 1. The van der Waals surface area contributed by atoms with Crippen molar-refractivity contribution in [2.45, 2.75) is 19.0 Å². The van der Waals surface area contributed by atoms with E-state index in [2.05, 4.69) is 10.6 Å². The normalized spacial score (nSPS) is 11.2. The molecule has 0 saturated carbocycles. The highest BCUT2D eigenvalue weighted by atomic mass is 32.2. The average Bonchev–Trinajstić information content (AvgIpc) is 3.24. The van der Waals surface area contributed by atoms with E-state index >= 15 is 0 Å². The van der Waals surface area contributed by atoms with Crippen LogP contribution in [0.25, 0.3) is 27.6 Å². The minimum absolute atomic E-state index is 0.0955. The van der Waals surface area contributed by atoms with Gasteiger partial charge in [-0.05, 0) is 49.2 Å². The number of hydrogen-bond donors (Lipinski definition) is 2. The molecular formula is C26H23N5O2S. The molecule has 8 heteroatoms. The Labute approximate surface area is 200 Å². The van der Waals surface area contributed by atoms with E-state index in [1.54, 1.807) is 0 Å². The third-order valence-corrected chi connectivity index (χ3v) is 6.58. The number of carbonyl (C=O) groups excluding carboxylic acids is 2. The Hall–Kier alpha value is -3.91. The van der Waals surface area contributed by atoms with Crippen molar-refractivity contribution in [3.63, 3.8) is 0 Å². The molecule has 3 aromatic carbocycles. The van der Waals surface area contributed by atoms with Crippen LogP contribution in [0, 0.1) is 13.8 Å². The number of hydrogen-bond acceptors (Lipinski definition) is 5. The zero-order valence-corrected chi connectivity index (χ0v) is 19.6. The van der Waals surface area contributed by atoms with Crippen molar-refractivity contribution in [2.24, 2.45) is 0 Å². The number of benzene rings is 3. The molecule has 0 radical (unpaired) electrons. The molecule has 0 unspecified atom stereocenters. The number of amides is 2. The average molecular weight is 470 g/mol. The highest BCUT2D eigenvalue weighted by molar-refractivity contribution is 7.99. The minimum atomic E-state index is -0.262. The van der Waals surface area contributed by atoms with Crippen LogP contribution < -0.4 is 10.6 Å². The summed E-state index contributed by atoms with van der Waals surface area (Å²) in [4.78, 5) is 34.5. The van der Waals surface area contributed by atoms with Crippen LogP contribution in [0.4, 0.5) is 5.69 Å². The Morgan fingerprint density at radius 3 is 2.35 bits per heavy atom. The van der Waals surface area contributed by atoms with Gasteiger partial charge in [-0.2, -0.15) is 0 Å². The van der Waals surface area contributed by atoms with Gasteiger partial charge in [0.1, 0.15) is 5.65 Å². The van der Waals surface area contributed by atoms with Crippen molar-refractivity contribution >= 4 is 56.8 Å². The summed E-state index contributed by atoms with van der Waals surface area (Å²) in [5, 5.41) is 7.22. The molecule has 2 N–H and O–H groups in total. The quantitative estimate of drug-likeness (QED) is 0.282. The van der Waals surface area contributed by atoms with E-state index in [4.69, 9.17) is 9.97 Å². The van der Waals surface area contributed by atoms with Gasteiger partial charge in [-0.3, -0.25) is 14.0 Å². The molecule has 0 fully saturated rings. The zero-order valence-electron chi connectivity index (χ0n) is 18.8. The first-order chi connectivity index (χ1) is 16.5. The maximum Gasteiger partial charge on any atom is 0.243 e. The molecule has 5 rings (SSSR count). The number of nitrogens with zero attached hydrogens (tertiary/aromatic N) is 3. The second-order valence-electron chi connectivity index (χ2n) is 8.05. The lowest BCUT2D eigenvalue weighted by atomic mass is 10.1. The summed E-state index contributed by atoms with van der Waals surface area (Å²) < 4.78 is 1.99. The summed E-state index contributed by atoms with van der Waals surface area (Å²) in [7, 11) is 0. The van der Waals surface area contributed by atoms with Gasteiger partial charge in [0.25, 0.3) is 0 Å². The van der Waals surface area contributed by atoms with Crippen molar-refractivity contribution in [3.05, 3.63) is 77.9 Å². The molecule has 5 aromatic rings. The van der Waals surface area contributed by atoms with Crippen molar-refractivity contribution in [2.75, 3.05) is 17.6 Å². The van der Waals surface area contributed by atoms with Crippen LogP contribution in [0.3, 0.4) is 0 Å². The summed E-state index contributed by atoms with van der Waals surface area (Å²) in [6.07, 6.45) is 0. The predicted octanol–water partition coefficient (Wildman–Crippen LogP) is 4.50. The van der Waals surface area contributed by atoms with Gasteiger partial charge in [-0.25, -0.2) is 9.97 Å². The van der Waals surface area contributed by atoms with Crippen LogP contribution in [-0.4, -0.2) is 38.5 Å². The Kier molecular flexibility index (Phi) is 5.90. The second kappa shape index (κ2) is 9.15. The fraction of sp³-hybridized carbons (Fsp3) is 0.154. The standard InChI is InChI=1S/C26H23N5O2S/c1-16-8-7-9-17(2)24(16)30-22(32)14-27-23(33)15-34-26-29-19-11-4-3-10-18(19)25-28-20-12-5-6-13-21(20)31(25)26/h3-13H,14-15H2,1-2H3,(H,27,33)(H,30,32). The molecule has 0 spiro atoms. The number of fused-ring (bicyclic) bond motifs is 5. The molecular weight excluding hydrogens is 446 g/mol. The molecule has 0 bridgehead atoms.